The van der Waals surface area contributed by atoms with E-state index in [9.17, 15) is 8.42 Å². The van der Waals surface area contributed by atoms with Gasteiger partial charge in [-0.15, -0.1) is 0 Å². The molecule has 0 radical (unpaired) electrons. The van der Waals surface area contributed by atoms with Gasteiger partial charge >= 0.3 is 0 Å². The minimum Gasteiger partial charge on any atom is -0.497 e. The van der Waals surface area contributed by atoms with E-state index in [0.717, 1.165) is 40.3 Å². The minimum absolute atomic E-state index is 0.0179. The van der Waals surface area contributed by atoms with Crippen LogP contribution in [0.1, 0.15) is 29.7 Å². The van der Waals surface area contributed by atoms with Crippen molar-refractivity contribution in [2.75, 3.05) is 43.4 Å². The second-order valence-electron chi connectivity index (χ2n) is 11.0. The summed E-state index contributed by atoms with van der Waals surface area (Å²) >= 11 is 12.9. The summed E-state index contributed by atoms with van der Waals surface area (Å²) in [6, 6.07) is 19.4. The quantitative estimate of drug-likeness (QED) is 0.121. The summed E-state index contributed by atoms with van der Waals surface area (Å²) in [5.41, 5.74) is 3.17. The SMILES string of the molecule is COc1ccc(CN(Cc2ccc(OC)cc2)c2ncccc2[C@@H](C)N2CCOc3nc(Cl)c(Cl)c4nc(S(C)(=O)=O)nc2c34)cc1. The molecule has 4 heterocycles. The highest BCUT2D eigenvalue weighted by molar-refractivity contribution is 7.90. The molecule has 11 nitrogen and oxygen atoms in total. The molecule has 2 aromatic carbocycles. The van der Waals surface area contributed by atoms with Gasteiger partial charge in [0.25, 0.3) is 0 Å². The van der Waals surface area contributed by atoms with Crippen molar-refractivity contribution in [1.29, 1.82) is 0 Å². The number of ether oxygens (including phenoxy) is 3. The lowest BCUT2D eigenvalue weighted by Crippen LogP contribution is -2.33. The van der Waals surface area contributed by atoms with E-state index in [0.29, 0.717) is 30.8 Å². The smallest absolute Gasteiger partial charge is 0.249 e. The van der Waals surface area contributed by atoms with E-state index in [1.54, 1.807) is 20.4 Å². The molecule has 0 spiro atoms. The number of hydrogen-bond donors (Lipinski definition) is 0. The van der Waals surface area contributed by atoms with E-state index >= 15 is 0 Å². The molecule has 0 amide bonds. The molecule has 1 aliphatic rings. The fraction of sp³-hybridized carbons (Fsp3) is 0.273. The van der Waals surface area contributed by atoms with Gasteiger partial charge < -0.3 is 24.0 Å². The van der Waals surface area contributed by atoms with Crippen molar-refractivity contribution in [1.82, 2.24) is 19.9 Å². The van der Waals surface area contributed by atoms with Gasteiger partial charge in [0.15, 0.2) is 5.15 Å². The molecular formula is C33H32Cl2N6O5S. The Balaban J connectivity index is 1.47. The topological polar surface area (TPSA) is 120 Å². The maximum absolute atomic E-state index is 12.7. The molecule has 0 saturated heterocycles. The molecule has 14 heteroatoms. The Kier molecular flexibility index (Phi) is 9.27. The maximum Gasteiger partial charge on any atom is 0.249 e. The predicted octanol–water partition coefficient (Wildman–Crippen LogP) is 6.31. The number of anilines is 2. The van der Waals surface area contributed by atoms with Gasteiger partial charge in [0, 0.05) is 31.1 Å². The van der Waals surface area contributed by atoms with Gasteiger partial charge in [-0.2, -0.15) is 4.98 Å². The van der Waals surface area contributed by atoms with Crippen LogP contribution in [0.3, 0.4) is 0 Å². The molecule has 244 valence electrons. The van der Waals surface area contributed by atoms with E-state index < -0.39 is 9.84 Å². The number of nitrogens with zero attached hydrogens (tertiary/aromatic N) is 6. The van der Waals surface area contributed by atoms with E-state index in [-0.39, 0.29) is 39.4 Å². The Hall–Kier alpha value is -4.39. The minimum atomic E-state index is -3.82. The predicted molar refractivity (Wildman–Crippen MR) is 182 cm³/mol. The van der Waals surface area contributed by atoms with Crippen molar-refractivity contribution in [3.63, 3.8) is 0 Å². The Bertz CT molecular complexity index is 1980. The van der Waals surface area contributed by atoms with Crippen molar-refractivity contribution < 1.29 is 22.6 Å². The Morgan fingerprint density at radius 2 is 1.55 bits per heavy atom. The fourth-order valence-corrected chi connectivity index (χ4v) is 6.41. The van der Waals surface area contributed by atoms with Crippen LogP contribution < -0.4 is 24.0 Å². The summed E-state index contributed by atoms with van der Waals surface area (Å²) < 4.78 is 42.2. The largest absolute Gasteiger partial charge is 0.497 e. The highest BCUT2D eigenvalue weighted by atomic mass is 35.5. The number of sulfone groups is 1. The Morgan fingerprint density at radius 3 is 2.13 bits per heavy atom. The molecule has 3 aromatic heterocycles. The highest BCUT2D eigenvalue weighted by Gasteiger charge is 2.32. The van der Waals surface area contributed by atoms with Gasteiger partial charge in [-0.05, 0) is 48.4 Å². The number of pyridine rings is 2. The summed E-state index contributed by atoms with van der Waals surface area (Å²) in [4.78, 5) is 22.2. The van der Waals surface area contributed by atoms with Crippen molar-refractivity contribution in [2.45, 2.75) is 31.2 Å². The molecule has 0 saturated carbocycles. The second kappa shape index (κ2) is 13.4. The van der Waals surface area contributed by atoms with E-state index in [2.05, 4.69) is 19.9 Å². The van der Waals surface area contributed by atoms with Crippen LogP contribution in [0.4, 0.5) is 11.6 Å². The average molecular weight is 696 g/mol. The normalized spacial score (nSPS) is 13.5. The molecule has 0 N–H and O–H groups in total. The van der Waals surface area contributed by atoms with Gasteiger partial charge in [-0.25, -0.2) is 23.4 Å². The lowest BCUT2D eigenvalue weighted by molar-refractivity contribution is 0.316. The first-order valence-electron chi connectivity index (χ1n) is 14.7. The molecule has 47 heavy (non-hydrogen) atoms. The zero-order valence-corrected chi connectivity index (χ0v) is 28.5. The molecule has 0 bridgehead atoms. The van der Waals surface area contributed by atoms with E-state index in [1.807, 2.05) is 72.5 Å². The monoisotopic (exact) mass is 694 g/mol. The average Bonchev–Trinajstić information content (AvgIpc) is 3.26. The van der Waals surface area contributed by atoms with Crippen molar-refractivity contribution >= 4 is 55.6 Å². The molecule has 0 unspecified atom stereocenters. The fourth-order valence-electron chi connectivity index (χ4n) is 5.55. The van der Waals surface area contributed by atoms with E-state index in [1.165, 1.54) is 0 Å². The maximum atomic E-state index is 12.7. The molecular weight excluding hydrogens is 663 g/mol. The zero-order chi connectivity index (χ0) is 33.3. The molecule has 0 fully saturated rings. The third-order valence-electron chi connectivity index (χ3n) is 7.95. The van der Waals surface area contributed by atoms with Crippen LogP contribution in [0.15, 0.2) is 72.0 Å². The summed E-state index contributed by atoms with van der Waals surface area (Å²) in [5, 5.41) is -0.0116. The number of hydrogen-bond acceptors (Lipinski definition) is 11. The van der Waals surface area contributed by atoms with Crippen LogP contribution >= 0.6 is 23.2 Å². The van der Waals surface area contributed by atoms with Crippen molar-refractivity contribution in [3.05, 3.63) is 93.7 Å². The summed E-state index contributed by atoms with van der Waals surface area (Å²) in [6.07, 6.45) is 2.81. The Labute approximate surface area is 283 Å². The van der Waals surface area contributed by atoms with Crippen LogP contribution in [0.25, 0.3) is 10.9 Å². The van der Waals surface area contributed by atoms with Crippen LogP contribution in [0.2, 0.25) is 10.2 Å². The van der Waals surface area contributed by atoms with Crippen LogP contribution in [0.5, 0.6) is 17.4 Å². The third-order valence-corrected chi connectivity index (χ3v) is 9.52. The number of benzene rings is 2. The van der Waals surface area contributed by atoms with E-state index in [4.69, 9.17) is 42.4 Å². The standard InChI is InChI=1S/C33H32Cl2N6O5S/c1-20(41-16-17-46-32-26-28(27(34)29(35)38-32)37-33(39-31(26)41)47(4,42)43)25-6-5-15-36-30(25)40(18-21-7-11-23(44-2)12-8-21)19-22-9-13-24(45-3)14-10-22/h5-15,20H,16-19H2,1-4H3/t20-/m1/s1. The van der Waals surface area contributed by atoms with Crippen LogP contribution in [0, 0.1) is 0 Å². The van der Waals surface area contributed by atoms with Gasteiger partial charge in [-0.3, -0.25) is 0 Å². The summed E-state index contributed by atoms with van der Waals surface area (Å²) in [7, 11) is -0.541. The third kappa shape index (κ3) is 6.71. The van der Waals surface area contributed by atoms with Gasteiger partial charge in [0.2, 0.25) is 20.9 Å². The first kappa shape index (κ1) is 32.5. The lowest BCUT2D eigenvalue weighted by atomic mass is 10.1. The number of halogens is 2. The highest BCUT2D eigenvalue weighted by Crippen LogP contribution is 2.43. The van der Waals surface area contributed by atoms with Crippen molar-refractivity contribution in [2.24, 2.45) is 0 Å². The van der Waals surface area contributed by atoms with Crippen molar-refractivity contribution in [3.8, 4) is 17.4 Å². The van der Waals surface area contributed by atoms with Crippen LogP contribution in [-0.4, -0.2) is 62.0 Å². The molecule has 6 rings (SSSR count). The first-order chi connectivity index (χ1) is 22.6. The van der Waals surface area contributed by atoms with Gasteiger partial charge in [-0.1, -0.05) is 53.5 Å². The number of methoxy groups -OCH3 is 2. The summed E-state index contributed by atoms with van der Waals surface area (Å²) in [6.45, 7) is 3.70. The number of rotatable bonds is 10. The summed E-state index contributed by atoms with van der Waals surface area (Å²) in [5.74, 6) is 2.80. The number of aromatic nitrogens is 4. The molecule has 0 aliphatic carbocycles. The van der Waals surface area contributed by atoms with Gasteiger partial charge in [0.1, 0.15) is 45.7 Å². The Morgan fingerprint density at radius 1 is 0.936 bits per heavy atom. The molecule has 1 aliphatic heterocycles. The zero-order valence-electron chi connectivity index (χ0n) is 26.1. The van der Waals surface area contributed by atoms with Crippen LogP contribution in [-0.2, 0) is 22.9 Å². The second-order valence-corrected chi connectivity index (χ2v) is 13.7. The first-order valence-corrected chi connectivity index (χ1v) is 17.3. The molecule has 5 aromatic rings. The molecule has 1 atom stereocenters. The lowest BCUT2D eigenvalue weighted by Gasteiger charge is -2.33. The van der Waals surface area contributed by atoms with Gasteiger partial charge in [0.05, 0.1) is 26.8 Å².